The van der Waals surface area contributed by atoms with Gasteiger partial charge in [-0.25, -0.2) is 0 Å². The second kappa shape index (κ2) is 11.7. The highest BCUT2D eigenvalue weighted by molar-refractivity contribution is 5.93. The molecule has 25 heavy (non-hydrogen) atoms. The van der Waals surface area contributed by atoms with Crippen LogP contribution >= 0.6 is 12.4 Å². The first-order valence-electron chi connectivity index (χ1n) is 8.37. The summed E-state index contributed by atoms with van der Waals surface area (Å²) >= 11 is 0. The van der Waals surface area contributed by atoms with E-state index in [1.165, 1.54) is 0 Å². The number of ether oxygens (including phenoxy) is 1. The summed E-state index contributed by atoms with van der Waals surface area (Å²) in [4.78, 5) is 25.3. The topological polar surface area (TPSA) is 96.7 Å². The molecule has 1 aromatic carbocycles. The van der Waals surface area contributed by atoms with Crippen LogP contribution in [0.25, 0.3) is 0 Å². The maximum atomic E-state index is 11.8. The molecule has 8 heteroatoms. The van der Waals surface area contributed by atoms with Gasteiger partial charge in [0, 0.05) is 38.3 Å². The second-order valence-corrected chi connectivity index (χ2v) is 5.79. The van der Waals surface area contributed by atoms with Crippen molar-refractivity contribution in [1.29, 1.82) is 0 Å². The Morgan fingerprint density at radius 1 is 1.28 bits per heavy atom. The van der Waals surface area contributed by atoms with Crippen molar-refractivity contribution >= 4 is 24.2 Å². The minimum atomic E-state index is -0.498. The third-order valence-electron chi connectivity index (χ3n) is 3.90. The Morgan fingerprint density at radius 3 is 2.76 bits per heavy atom. The number of hydrogen-bond acceptors (Lipinski definition) is 5. The Kier molecular flexibility index (Phi) is 9.91. The molecular formula is C17H27ClN4O3. The highest BCUT2D eigenvalue weighted by Crippen LogP contribution is 2.13. The van der Waals surface area contributed by atoms with Crippen LogP contribution in [0.1, 0.15) is 23.2 Å². The Morgan fingerprint density at radius 2 is 2.04 bits per heavy atom. The van der Waals surface area contributed by atoms with Gasteiger partial charge in [0.1, 0.15) is 5.75 Å². The van der Waals surface area contributed by atoms with E-state index in [4.69, 9.17) is 10.5 Å². The molecule has 7 nitrogen and oxygen atoms in total. The molecule has 0 aliphatic carbocycles. The number of carbonyl (C=O) groups is 2. The van der Waals surface area contributed by atoms with Gasteiger partial charge in [-0.1, -0.05) is 6.07 Å². The molecule has 0 spiro atoms. The fourth-order valence-electron chi connectivity index (χ4n) is 2.55. The van der Waals surface area contributed by atoms with Crippen LogP contribution in [0, 0.1) is 0 Å². The van der Waals surface area contributed by atoms with Crippen molar-refractivity contribution in [2.45, 2.75) is 12.8 Å². The molecule has 1 heterocycles. The predicted molar refractivity (Wildman–Crippen MR) is 99.3 cm³/mol. The summed E-state index contributed by atoms with van der Waals surface area (Å²) in [6.45, 7) is 6.20. The molecule has 1 aliphatic rings. The van der Waals surface area contributed by atoms with Gasteiger partial charge in [0.2, 0.25) is 11.8 Å². The van der Waals surface area contributed by atoms with E-state index in [-0.39, 0.29) is 31.3 Å². The fourth-order valence-corrected chi connectivity index (χ4v) is 2.55. The van der Waals surface area contributed by atoms with Crippen LogP contribution in [0.5, 0.6) is 5.75 Å². The lowest BCUT2D eigenvalue weighted by molar-refractivity contribution is -0.121. The smallest absolute Gasteiger partial charge is 0.248 e. The van der Waals surface area contributed by atoms with Crippen LogP contribution in [0.15, 0.2) is 24.3 Å². The first-order chi connectivity index (χ1) is 11.6. The van der Waals surface area contributed by atoms with E-state index in [9.17, 15) is 9.59 Å². The normalized spacial score (nSPS) is 14.4. The van der Waals surface area contributed by atoms with Gasteiger partial charge >= 0.3 is 0 Å². The summed E-state index contributed by atoms with van der Waals surface area (Å²) in [5, 5.41) is 6.22. The molecule has 0 saturated carbocycles. The monoisotopic (exact) mass is 370 g/mol. The van der Waals surface area contributed by atoms with Gasteiger partial charge in [-0.3, -0.25) is 9.59 Å². The standard InChI is InChI=1S/C17H26N4O3.ClH/c18-17(23)14-3-1-4-15(13-14)24-12-5-16(22)20-6-2-9-21-10-7-19-8-11-21;/h1,3-4,13,19H,2,5-12H2,(H2,18,23)(H,20,22);1H. The van der Waals surface area contributed by atoms with Crippen molar-refractivity contribution in [3.63, 3.8) is 0 Å². The van der Waals surface area contributed by atoms with Crippen molar-refractivity contribution in [3.05, 3.63) is 29.8 Å². The lowest BCUT2D eigenvalue weighted by atomic mass is 10.2. The lowest BCUT2D eigenvalue weighted by Crippen LogP contribution is -2.44. The second-order valence-electron chi connectivity index (χ2n) is 5.79. The van der Waals surface area contributed by atoms with Crippen LogP contribution in [-0.4, -0.2) is 62.6 Å². The average molecular weight is 371 g/mol. The Balaban J connectivity index is 0.00000312. The molecule has 0 bridgehead atoms. The highest BCUT2D eigenvalue weighted by atomic mass is 35.5. The van der Waals surface area contributed by atoms with Gasteiger partial charge < -0.3 is 26.0 Å². The zero-order valence-electron chi connectivity index (χ0n) is 14.3. The number of benzene rings is 1. The molecule has 4 N–H and O–H groups in total. The van der Waals surface area contributed by atoms with Gasteiger partial charge in [-0.2, -0.15) is 0 Å². The molecular weight excluding hydrogens is 344 g/mol. The van der Waals surface area contributed by atoms with E-state index in [1.807, 2.05) is 0 Å². The number of carbonyl (C=O) groups excluding carboxylic acids is 2. The number of rotatable bonds is 9. The zero-order chi connectivity index (χ0) is 17.2. The van der Waals surface area contributed by atoms with Crippen LogP contribution in [0.2, 0.25) is 0 Å². The number of nitrogens with one attached hydrogen (secondary N) is 2. The SMILES string of the molecule is Cl.NC(=O)c1cccc(OCCC(=O)NCCCN2CCNCC2)c1. The summed E-state index contributed by atoms with van der Waals surface area (Å²) in [5.41, 5.74) is 5.61. The van der Waals surface area contributed by atoms with Crippen molar-refractivity contribution in [3.8, 4) is 5.75 Å². The maximum Gasteiger partial charge on any atom is 0.248 e. The summed E-state index contributed by atoms with van der Waals surface area (Å²) in [6.07, 6.45) is 1.24. The molecule has 0 radical (unpaired) electrons. The summed E-state index contributed by atoms with van der Waals surface area (Å²) in [7, 11) is 0. The number of nitrogens with zero attached hydrogens (tertiary/aromatic N) is 1. The van der Waals surface area contributed by atoms with E-state index in [0.29, 0.717) is 17.9 Å². The van der Waals surface area contributed by atoms with Gasteiger partial charge in [0.15, 0.2) is 0 Å². The summed E-state index contributed by atoms with van der Waals surface area (Å²) in [6, 6.07) is 6.64. The van der Waals surface area contributed by atoms with E-state index in [2.05, 4.69) is 15.5 Å². The van der Waals surface area contributed by atoms with E-state index in [1.54, 1.807) is 24.3 Å². The Hall–Kier alpha value is -1.83. The van der Waals surface area contributed by atoms with E-state index in [0.717, 1.165) is 39.1 Å². The third-order valence-corrected chi connectivity index (χ3v) is 3.90. The zero-order valence-corrected chi connectivity index (χ0v) is 15.1. The van der Waals surface area contributed by atoms with Crippen molar-refractivity contribution < 1.29 is 14.3 Å². The summed E-state index contributed by atoms with van der Waals surface area (Å²) in [5.74, 6) is 0.0156. The predicted octanol–water partition coefficient (Wildman–Crippen LogP) is 0.388. The van der Waals surface area contributed by atoms with Crippen LogP contribution in [-0.2, 0) is 4.79 Å². The Labute approximate surface area is 154 Å². The molecule has 140 valence electrons. The minimum Gasteiger partial charge on any atom is -0.493 e. The van der Waals surface area contributed by atoms with E-state index >= 15 is 0 Å². The van der Waals surface area contributed by atoms with Crippen LogP contribution in [0.3, 0.4) is 0 Å². The van der Waals surface area contributed by atoms with Gasteiger partial charge in [0.05, 0.1) is 13.0 Å². The number of hydrogen-bond donors (Lipinski definition) is 3. The first kappa shape index (κ1) is 21.2. The minimum absolute atomic E-state index is 0. The van der Waals surface area contributed by atoms with Crippen molar-refractivity contribution in [2.24, 2.45) is 5.73 Å². The molecule has 0 atom stereocenters. The number of primary amides is 1. The molecule has 0 unspecified atom stereocenters. The third kappa shape index (κ3) is 8.20. The number of amides is 2. The lowest BCUT2D eigenvalue weighted by Gasteiger charge is -2.27. The van der Waals surface area contributed by atoms with Crippen LogP contribution in [0.4, 0.5) is 0 Å². The van der Waals surface area contributed by atoms with Crippen molar-refractivity contribution in [2.75, 3.05) is 45.9 Å². The molecule has 1 aliphatic heterocycles. The summed E-state index contributed by atoms with van der Waals surface area (Å²) < 4.78 is 5.49. The quantitative estimate of drug-likeness (QED) is 0.546. The number of piperazine rings is 1. The maximum absolute atomic E-state index is 11.8. The van der Waals surface area contributed by atoms with Crippen LogP contribution < -0.4 is 21.1 Å². The van der Waals surface area contributed by atoms with Gasteiger partial charge in [-0.15, -0.1) is 12.4 Å². The number of halogens is 1. The molecule has 1 fully saturated rings. The fraction of sp³-hybridized carbons (Fsp3) is 0.529. The molecule has 1 aromatic rings. The average Bonchev–Trinajstić information content (AvgIpc) is 2.60. The van der Waals surface area contributed by atoms with Gasteiger partial charge in [-0.05, 0) is 31.2 Å². The molecule has 2 rings (SSSR count). The first-order valence-corrected chi connectivity index (χ1v) is 8.37. The highest BCUT2D eigenvalue weighted by Gasteiger charge is 2.09. The molecule has 1 saturated heterocycles. The number of nitrogens with two attached hydrogens (primary N) is 1. The largest absolute Gasteiger partial charge is 0.493 e. The molecule has 0 aromatic heterocycles. The molecule has 2 amide bonds. The van der Waals surface area contributed by atoms with Gasteiger partial charge in [0.25, 0.3) is 0 Å². The van der Waals surface area contributed by atoms with E-state index < -0.39 is 5.91 Å². The Bertz CT molecular complexity index is 550. The van der Waals surface area contributed by atoms with Crippen molar-refractivity contribution in [1.82, 2.24) is 15.5 Å².